The molecule has 3 aromatic carbocycles. The van der Waals surface area contributed by atoms with Gasteiger partial charge in [0.25, 0.3) is 10.1 Å². The second-order valence-electron chi connectivity index (χ2n) is 6.11. The molecule has 152 valence electrons. The summed E-state index contributed by atoms with van der Waals surface area (Å²) in [5, 5.41) is 20.7. The first kappa shape index (κ1) is 22.0. The van der Waals surface area contributed by atoms with E-state index < -0.39 is 26.4 Å². The van der Waals surface area contributed by atoms with E-state index in [-0.39, 0.29) is 31.8 Å². The fraction of sp³-hybridized carbons (Fsp3) is 0.0526. The zero-order valence-corrected chi connectivity index (χ0v) is 18.1. The molecule has 0 radical (unpaired) electrons. The third-order valence-corrected chi connectivity index (χ3v) is 7.11. The Balaban J connectivity index is 2.61. The van der Waals surface area contributed by atoms with E-state index in [1.165, 1.54) is 36.4 Å². The number of hydrogen-bond donors (Lipinski definition) is 3. The smallest absolute Gasteiger partial charge is 0.283 e. The van der Waals surface area contributed by atoms with Crippen molar-refractivity contribution in [2.75, 3.05) is 0 Å². The summed E-state index contributed by atoms with van der Waals surface area (Å²) in [6.45, 7) is 0. The molecule has 0 aliphatic heterocycles. The lowest BCUT2D eigenvalue weighted by molar-refractivity contribution is 0.439. The van der Waals surface area contributed by atoms with Crippen molar-refractivity contribution in [3.8, 4) is 11.5 Å². The van der Waals surface area contributed by atoms with Crippen LogP contribution in [0.2, 0.25) is 20.1 Å². The third kappa shape index (κ3) is 3.77. The molecule has 0 bridgehead atoms. The quantitative estimate of drug-likeness (QED) is 0.311. The molecule has 5 nitrogen and oxygen atoms in total. The molecule has 0 spiro atoms. The van der Waals surface area contributed by atoms with Gasteiger partial charge in [0, 0.05) is 27.2 Å². The Morgan fingerprint density at radius 1 is 0.759 bits per heavy atom. The molecule has 0 heterocycles. The van der Waals surface area contributed by atoms with E-state index in [9.17, 15) is 23.2 Å². The molecule has 0 saturated carbocycles. The zero-order valence-electron chi connectivity index (χ0n) is 14.3. The number of phenolic OH excluding ortho intramolecular Hbond substituents is 2. The highest BCUT2D eigenvalue weighted by Gasteiger charge is 2.51. The summed E-state index contributed by atoms with van der Waals surface area (Å²) < 4.78 is 33.9. The second-order valence-corrected chi connectivity index (χ2v) is 9.33. The summed E-state index contributed by atoms with van der Waals surface area (Å²) in [5.41, 5.74) is -0.535. The van der Waals surface area contributed by atoms with Gasteiger partial charge in [-0.1, -0.05) is 64.6 Å². The van der Waals surface area contributed by atoms with Crippen LogP contribution in [-0.2, 0) is 14.9 Å². The predicted octanol–water partition coefficient (Wildman–Crippen LogP) is 5.89. The molecule has 1 atom stereocenters. The van der Waals surface area contributed by atoms with Crippen LogP contribution >= 0.6 is 46.4 Å². The average Bonchev–Trinajstić information content (AvgIpc) is 2.61. The summed E-state index contributed by atoms with van der Waals surface area (Å²) in [7, 11) is -5.09. The van der Waals surface area contributed by atoms with Crippen molar-refractivity contribution in [2.24, 2.45) is 0 Å². The lowest BCUT2D eigenvalue weighted by Gasteiger charge is -2.34. The van der Waals surface area contributed by atoms with E-state index in [1.54, 1.807) is 0 Å². The Morgan fingerprint density at radius 3 is 1.90 bits per heavy atom. The van der Waals surface area contributed by atoms with Gasteiger partial charge in [0.1, 0.15) is 11.5 Å². The van der Waals surface area contributed by atoms with E-state index in [2.05, 4.69) is 0 Å². The van der Waals surface area contributed by atoms with Crippen LogP contribution in [0, 0.1) is 0 Å². The van der Waals surface area contributed by atoms with Gasteiger partial charge in [-0.05, 0) is 35.9 Å². The van der Waals surface area contributed by atoms with Crippen molar-refractivity contribution in [2.45, 2.75) is 4.75 Å². The third-order valence-electron chi connectivity index (χ3n) is 4.37. The lowest BCUT2D eigenvalue weighted by Crippen LogP contribution is -2.38. The van der Waals surface area contributed by atoms with Crippen LogP contribution in [0.15, 0.2) is 54.6 Å². The normalized spacial score (nSPS) is 13.8. The van der Waals surface area contributed by atoms with Crippen LogP contribution in [0.25, 0.3) is 0 Å². The maximum absolute atomic E-state index is 12.9. The number of rotatable bonds is 4. The van der Waals surface area contributed by atoms with E-state index in [0.717, 1.165) is 18.2 Å². The van der Waals surface area contributed by atoms with Gasteiger partial charge >= 0.3 is 0 Å². The predicted molar refractivity (Wildman–Crippen MR) is 114 cm³/mol. The number of hydrogen-bond acceptors (Lipinski definition) is 4. The fourth-order valence-electron chi connectivity index (χ4n) is 3.20. The van der Waals surface area contributed by atoms with Crippen molar-refractivity contribution >= 4 is 56.5 Å². The molecular weight excluding hydrogens is 482 g/mol. The number of phenols is 2. The minimum absolute atomic E-state index is 0.00871. The highest BCUT2D eigenvalue weighted by Crippen LogP contribution is 2.51. The topological polar surface area (TPSA) is 94.8 Å². The molecular formula is C19H12Cl4O5S. The Morgan fingerprint density at radius 2 is 1.34 bits per heavy atom. The fourth-order valence-corrected chi connectivity index (χ4v) is 5.34. The second kappa shape index (κ2) is 7.87. The van der Waals surface area contributed by atoms with Gasteiger partial charge in [0.2, 0.25) is 0 Å². The summed E-state index contributed by atoms with van der Waals surface area (Å²) >= 11 is 24.2. The van der Waals surface area contributed by atoms with Crippen LogP contribution in [-0.4, -0.2) is 23.2 Å². The monoisotopic (exact) mass is 492 g/mol. The summed E-state index contributed by atoms with van der Waals surface area (Å²) in [6.07, 6.45) is 0. The van der Waals surface area contributed by atoms with Crippen molar-refractivity contribution in [3.63, 3.8) is 0 Å². The van der Waals surface area contributed by atoms with Crippen molar-refractivity contribution in [3.05, 3.63) is 91.4 Å². The molecule has 10 heteroatoms. The van der Waals surface area contributed by atoms with E-state index in [4.69, 9.17) is 46.4 Å². The van der Waals surface area contributed by atoms with Gasteiger partial charge < -0.3 is 10.2 Å². The Hall–Kier alpha value is -1.67. The molecule has 0 amide bonds. The van der Waals surface area contributed by atoms with Crippen LogP contribution in [0.5, 0.6) is 11.5 Å². The van der Waals surface area contributed by atoms with Gasteiger partial charge in [0.05, 0.1) is 10.0 Å². The molecule has 29 heavy (non-hydrogen) atoms. The van der Waals surface area contributed by atoms with Crippen LogP contribution < -0.4 is 0 Å². The first-order chi connectivity index (χ1) is 13.5. The number of aromatic hydroxyl groups is 2. The van der Waals surface area contributed by atoms with E-state index in [0.29, 0.717) is 5.02 Å². The van der Waals surface area contributed by atoms with Crippen LogP contribution in [0.4, 0.5) is 0 Å². The largest absolute Gasteiger partial charge is 0.508 e. The number of benzene rings is 3. The average molecular weight is 494 g/mol. The number of halogens is 4. The highest BCUT2D eigenvalue weighted by atomic mass is 35.5. The van der Waals surface area contributed by atoms with E-state index >= 15 is 0 Å². The van der Waals surface area contributed by atoms with Crippen LogP contribution in [0.1, 0.15) is 16.7 Å². The summed E-state index contributed by atoms with van der Waals surface area (Å²) in [6, 6.07) is 11.3. The molecule has 3 aromatic rings. The van der Waals surface area contributed by atoms with Gasteiger partial charge in [-0.25, -0.2) is 0 Å². The van der Waals surface area contributed by atoms with Gasteiger partial charge in [0.15, 0.2) is 4.75 Å². The molecule has 0 aliphatic rings. The summed E-state index contributed by atoms with van der Waals surface area (Å²) in [4.78, 5) is 0. The molecule has 0 aliphatic carbocycles. The Labute approximate surface area is 186 Å². The Kier molecular flexibility index (Phi) is 5.98. The van der Waals surface area contributed by atoms with Gasteiger partial charge in [-0.2, -0.15) is 8.42 Å². The maximum Gasteiger partial charge on any atom is 0.283 e. The van der Waals surface area contributed by atoms with Gasteiger partial charge in [-0.15, -0.1) is 0 Å². The van der Waals surface area contributed by atoms with Crippen molar-refractivity contribution in [1.29, 1.82) is 0 Å². The van der Waals surface area contributed by atoms with Crippen LogP contribution in [0.3, 0.4) is 0 Å². The summed E-state index contributed by atoms with van der Waals surface area (Å²) in [5.74, 6) is -0.926. The molecule has 3 N–H and O–H groups in total. The van der Waals surface area contributed by atoms with E-state index in [1.807, 2.05) is 0 Å². The molecule has 1 unspecified atom stereocenters. The minimum atomic E-state index is -5.09. The minimum Gasteiger partial charge on any atom is -0.508 e. The zero-order chi connectivity index (χ0) is 21.6. The van der Waals surface area contributed by atoms with Crippen molar-refractivity contribution < 1.29 is 23.2 Å². The Bertz CT molecular complexity index is 1200. The highest BCUT2D eigenvalue weighted by molar-refractivity contribution is 7.87. The first-order valence-electron chi connectivity index (χ1n) is 7.89. The van der Waals surface area contributed by atoms with Crippen molar-refractivity contribution in [1.82, 2.24) is 0 Å². The van der Waals surface area contributed by atoms with Gasteiger partial charge in [-0.3, -0.25) is 4.55 Å². The first-order valence-corrected chi connectivity index (χ1v) is 10.8. The lowest BCUT2D eigenvalue weighted by atomic mass is 9.83. The molecule has 0 fully saturated rings. The SMILES string of the molecule is O=S(=O)(O)C(c1ccc(Cl)cc1)(c1ccc(Cl)cc1O)c1cc(O)cc(Cl)c1Cl. The maximum atomic E-state index is 12.9. The standard InChI is InChI=1S/C19H12Cl4O5S/c20-11-3-1-10(2-4-11)19(29(26,27)28,14-6-5-12(21)7-17(14)25)15-8-13(24)9-16(22)18(15)23/h1-9,24-25H,(H,26,27,28). The molecule has 0 aromatic heterocycles. The molecule has 0 saturated heterocycles. The molecule has 3 rings (SSSR count).